The summed E-state index contributed by atoms with van der Waals surface area (Å²) in [4.78, 5) is 8.56. The Morgan fingerprint density at radius 3 is 2.57 bits per heavy atom. The molecule has 4 heteroatoms. The van der Waals surface area contributed by atoms with Crippen LogP contribution in [0.25, 0.3) is 0 Å². The molecule has 0 radical (unpaired) electrons. The van der Waals surface area contributed by atoms with Crippen molar-refractivity contribution in [1.82, 2.24) is 9.97 Å². The predicted octanol–water partition coefficient (Wildman–Crippen LogP) is 3.88. The molecule has 1 aromatic heterocycles. The molecule has 1 heterocycles. The molecule has 0 saturated heterocycles. The summed E-state index contributed by atoms with van der Waals surface area (Å²) in [6, 6.07) is 0. The van der Waals surface area contributed by atoms with Crippen LogP contribution in [0.4, 0.5) is 0 Å². The van der Waals surface area contributed by atoms with Gasteiger partial charge in [0.15, 0.2) is 0 Å². The second kappa shape index (κ2) is 5.26. The van der Waals surface area contributed by atoms with Crippen molar-refractivity contribution in [3.8, 4) is 0 Å². The van der Waals surface area contributed by atoms with E-state index in [0.717, 1.165) is 15.8 Å². The summed E-state index contributed by atoms with van der Waals surface area (Å²) in [5.74, 6) is 1.89. The van der Waals surface area contributed by atoms with Crippen LogP contribution in [-0.4, -0.2) is 9.97 Å². The van der Waals surface area contributed by atoms with Crippen molar-refractivity contribution >= 4 is 34.2 Å². The lowest BCUT2D eigenvalue weighted by atomic mass is 9.98. The van der Waals surface area contributed by atoms with E-state index in [2.05, 4.69) is 53.3 Å². The fourth-order valence-corrected chi connectivity index (χ4v) is 1.80. The van der Waals surface area contributed by atoms with Gasteiger partial charge in [-0.05, 0) is 34.9 Å². The van der Waals surface area contributed by atoms with Crippen LogP contribution in [0.3, 0.4) is 0 Å². The molecule has 0 spiro atoms. The van der Waals surface area contributed by atoms with Crippen LogP contribution >= 0.6 is 34.2 Å². The van der Waals surface area contributed by atoms with Gasteiger partial charge in [0.25, 0.3) is 0 Å². The first-order valence-corrected chi connectivity index (χ1v) is 6.14. The van der Waals surface area contributed by atoms with E-state index in [1.807, 2.05) is 0 Å². The molecule has 1 atom stereocenters. The van der Waals surface area contributed by atoms with Crippen LogP contribution in [0.1, 0.15) is 38.9 Å². The van der Waals surface area contributed by atoms with Gasteiger partial charge in [0, 0.05) is 12.1 Å². The van der Waals surface area contributed by atoms with Gasteiger partial charge in [-0.2, -0.15) is 0 Å². The van der Waals surface area contributed by atoms with E-state index < -0.39 is 0 Å². The molecule has 0 fully saturated rings. The second-order valence-corrected chi connectivity index (χ2v) is 5.42. The third kappa shape index (κ3) is 3.35. The highest BCUT2D eigenvalue weighted by Gasteiger charge is 2.12. The van der Waals surface area contributed by atoms with Gasteiger partial charge in [0.1, 0.15) is 11.0 Å². The smallest absolute Gasteiger partial charge is 0.146 e. The van der Waals surface area contributed by atoms with Crippen LogP contribution in [0.15, 0.2) is 6.20 Å². The molecule has 1 unspecified atom stereocenters. The molecule has 0 aliphatic carbocycles. The Balaban J connectivity index is 2.80. The summed E-state index contributed by atoms with van der Waals surface area (Å²) in [5.41, 5.74) is 0. The van der Waals surface area contributed by atoms with E-state index in [-0.39, 0.29) is 0 Å². The first kappa shape index (κ1) is 12.2. The van der Waals surface area contributed by atoms with Gasteiger partial charge in [-0.3, -0.25) is 0 Å². The summed E-state index contributed by atoms with van der Waals surface area (Å²) in [6.07, 6.45) is 2.87. The maximum atomic E-state index is 5.94. The third-order valence-corrected chi connectivity index (χ3v) is 3.38. The van der Waals surface area contributed by atoms with Gasteiger partial charge in [-0.15, -0.1) is 0 Å². The highest BCUT2D eigenvalue weighted by Crippen LogP contribution is 2.22. The molecule has 14 heavy (non-hydrogen) atoms. The Morgan fingerprint density at radius 1 is 1.43 bits per heavy atom. The lowest BCUT2D eigenvalue weighted by Crippen LogP contribution is -2.04. The average Bonchev–Trinajstić information content (AvgIpc) is 2.08. The van der Waals surface area contributed by atoms with E-state index >= 15 is 0 Å². The molecular weight excluding hydrogens is 310 g/mol. The van der Waals surface area contributed by atoms with Crippen LogP contribution < -0.4 is 0 Å². The largest absolute Gasteiger partial charge is 0.240 e. The summed E-state index contributed by atoms with van der Waals surface area (Å²) in [6.45, 7) is 6.54. The molecule has 78 valence electrons. The van der Waals surface area contributed by atoms with Crippen molar-refractivity contribution in [2.75, 3.05) is 0 Å². The van der Waals surface area contributed by atoms with Crippen LogP contribution in [0, 0.1) is 9.49 Å². The Hall–Kier alpha value is 0.1000. The second-order valence-electron chi connectivity index (χ2n) is 3.90. The van der Waals surface area contributed by atoms with Crippen molar-refractivity contribution in [2.24, 2.45) is 5.92 Å². The van der Waals surface area contributed by atoms with Gasteiger partial charge < -0.3 is 0 Å². The minimum atomic E-state index is 0.379. The monoisotopic (exact) mass is 324 g/mol. The summed E-state index contributed by atoms with van der Waals surface area (Å²) >= 11 is 8.07. The normalized spacial score (nSPS) is 13.3. The third-order valence-electron chi connectivity index (χ3n) is 1.99. The Labute approximate surface area is 104 Å². The zero-order valence-corrected chi connectivity index (χ0v) is 11.5. The minimum absolute atomic E-state index is 0.379. The molecule has 2 nitrogen and oxygen atoms in total. The van der Waals surface area contributed by atoms with Crippen LogP contribution in [-0.2, 0) is 0 Å². The molecule has 1 aromatic rings. The molecule has 0 N–H and O–H groups in total. The van der Waals surface area contributed by atoms with Crippen molar-refractivity contribution in [3.05, 3.63) is 20.7 Å². The van der Waals surface area contributed by atoms with E-state index in [0.29, 0.717) is 17.0 Å². The molecule has 0 saturated carbocycles. The summed E-state index contributed by atoms with van der Waals surface area (Å²) in [7, 11) is 0. The number of hydrogen-bond acceptors (Lipinski definition) is 2. The zero-order valence-electron chi connectivity index (χ0n) is 8.59. The van der Waals surface area contributed by atoms with E-state index in [1.165, 1.54) is 0 Å². The zero-order chi connectivity index (χ0) is 10.7. The van der Waals surface area contributed by atoms with E-state index in [4.69, 9.17) is 11.6 Å². The Bertz CT molecular complexity index is 315. The number of hydrogen-bond donors (Lipinski definition) is 0. The topological polar surface area (TPSA) is 25.8 Å². The lowest BCUT2D eigenvalue weighted by molar-refractivity contribution is 0.507. The minimum Gasteiger partial charge on any atom is -0.240 e. The number of halogens is 2. The van der Waals surface area contributed by atoms with Crippen molar-refractivity contribution < 1.29 is 0 Å². The fraction of sp³-hybridized carbons (Fsp3) is 0.600. The Kier molecular flexibility index (Phi) is 4.57. The maximum absolute atomic E-state index is 5.94. The molecule has 0 bridgehead atoms. The summed E-state index contributed by atoms with van der Waals surface area (Å²) < 4.78 is 0.907. The maximum Gasteiger partial charge on any atom is 0.146 e. The quantitative estimate of drug-likeness (QED) is 0.623. The lowest BCUT2D eigenvalue weighted by Gasteiger charge is -2.12. The molecule has 0 amide bonds. The standard InChI is InChI=1S/C10H14ClIN2/c1-6(2)4-7(3)10-13-5-8(12)9(11)14-10/h5-7H,4H2,1-3H3. The first-order valence-electron chi connectivity index (χ1n) is 4.68. The molecule has 0 aliphatic heterocycles. The Morgan fingerprint density at radius 2 is 2.07 bits per heavy atom. The molecule has 1 rings (SSSR count). The highest BCUT2D eigenvalue weighted by atomic mass is 127. The van der Waals surface area contributed by atoms with Crippen molar-refractivity contribution in [2.45, 2.75) is 33.1 Å². The average molecular weight is 325 g/mol. The van der Waals surface area contributed by atoms with Gasteiger partial charge >= 0.3 is 0 Å². The summed E-state index contributed by atoms with van der Waals surface area (Å²) in [5, 5.41) is 0.561. The van der Waals surface area contributed by atoms with Crippen LogP contribution in [0.5, 0.6) is 0 Å². The first-order chi connectivity index (χ1) is 6.50. The highest BCUT2D eigenvalue weighted by molar-refractivity contribution is 14.1. The number of aromatic nitrogens is 2. The van der Waals surface area contributed by atoms with E-state index in [1.54, 1.807) is 6.20 Å². The van der Waals surface area contributed by atoms with E-state index in [9.17, 15) is 0 Å². The molecule has 0 aliphatic rings. The van der Waals surface area contributed by atoms with Crippen molar-refractivity contribution in [1.29, 1.82) is 0 Å². The number of nitrogens with zero attached hydrogens (tertiary/aromatic N) is 2. The van der Waals surface area contributed by atoms with Gasteiger partial charge in [0.05, 0.1) is 3.57 Å². The van der Waals surface area contributed by atoms with Crippen LogP contribution in [0.2, 0.25) is 5.15 Å². The fourth-order valence-electron chi connectivity index (χ4n) is 1.41. The SMILES string of the molecule is CC(C)CC(C)c1ncc(I)c(Cl)n1. The molecular formula is C10H14ClIN2. The predicted molar refractivity (Wildman–Crippen MR) is 67.6 cm³/mol. The van der Waals surface area contributed by atoms with Gasteiger partial charge in [-0.1, -0.05) is 32.4 Å². The molecule has 0 aromatic carbocycles. The van der Waals surface area contributed by atoms with Crippen molar-refractivity contribution in [3.63, 3.8) is 0 Å². The van der Waals surface area contributed by atoms with Gasteiger partial charge in [0.2, 0.25) is 0 Å². The van der Waals surface area contributed by atoms with Gasteiger partial charge in [-0.25, -0.2) is 9.97 Å². The number of rotatable bonds is 3.